The van der Waals surface area contributed by atoms with Gasteiger partial charge in [-0.15, -0.1) is 11.8 Å². The van der Waals surface area contributed by atoms with E-state index in [1.807, 2.05) is 18.4 Å². The number of carbonyl (C=O) groups excluding carboxylic acids is 1. The molecule has 0 aliphatic carbocycles. The Morgan fingerprint density at radius 2 is 1.83 bits per heavy atom. The normalized spacial score (nSPS) is 10.3. The van der Waals surface area contributed by atoms with Gasteiger partial charge in [0.2, 0.25) is 0 Å². The quantitative estimate of drug-likeness (QED) is 0.682. The monoisotopic (exact) mass is 322 g/mol. The predicted octanol–water partition coefficient (Wildman–Crippen LogP) is 4.11. The van der Waals surface area contributed by atoms with Gasteiger partial charge in [-0.3, -0.25) is 4.79 Å². The second-order valence-corrected chi connectivity index (χ2v) is 5.48. The second-order valence-electron chi connectivity index (χ2n) is 3.72. The van der Waals surface area contributed by atoms with E-state index in [1.54, 1.807) is 24.3 Å². The molecule has 0 fully saturated rings. The maximum absolute atomic E-state index is 12.3. The maximum atomic E-state index is 12.3. The highest BCUT2D eigenvalue weighted by Crippen LogP contribution is 2.27. The van der Waals surface area contributed by atoms with Crippen LogP contribution in [0.5, 0.6) is 5.75 Å². The average Bonchev–Trinajstić information content (AvgIpc) is 2.38. The number of hydrogen-bond acceptors (Lipinski definition) is 3. The summed E-state index contributed by atoms with van der Waals surface area (Å²) in [5.74, 6) is 0.138. The Hall–Kier alpha value is -1.26. The van der Waals surface area contributed by atoms with E-state index in [-0.39, 0.29) is 11.5 Å². The molecule has 0 amide bonds. The van der Waals surface area contributed by atoms with Crippen LogP contribution in [0.15, 0.2) is 51.8 Å². The van der Waals surface area contributed by atoms with Crippen molar-refractivity contribution in [2.45, 2.75) is 4.90 Å². The zero-order chi connectivity index (χ0) is 13.1. The summed E-state index contributed by atoms with van der Waals surface area (Å²) in [6, 6.07) is 12.0. The number of phenols is 1. The highest BCUT2D eigenvalue weighted by atomic mass is 79.9. The van der Waals surface area contributed by atoms with E-state index in [9.17, 15) is 9.90 Å². The summed E-state index contributed by atoms with van der Waals surface area (Å²) < 4.78 is 0.940. The lowest BCUT2D eigenvalue weighted by molar-refractivity contribution is 0.103. The van der Waals surface area contributed by atoms with Crippen molar-refractivity contribution in [3.05, 3.63) is 58.1 Å². The molecule has 2 aromatic rings. The molecule has 18 heavy (non-hydrogen) atoms. The molecule has 0 unspecified atom stereocenters. The van der Waals surface area contributed by atoms with Crippen LogP contribution >= 0.6 is 27.7 Å². The SMILES string of the molecule is CSc1cc(O)ccc1C(=O)c1ccc(Br)cc1. The molecule has 0 radical (unpaired) electrons. The molecule has 0 heterocycles. The summed E-state index contributed by atoms with van der Waals surface area (Å²) in [5.41, 5.74) is 1.25. The molecule has 0 saturated heterocycles. The standard InChI is InChI=1S/C14H11BrO2S/c1-18-13-8-11(16)6-7-12(13)14(17)9-2-4-10(15)5-3-9/h2-8,16H,1H3. The maximum Gasteiger partial charge on any atom is 0.194 e. The third kappa shape index (κ3) is 2.76. The van der Waals surface area contributed by atoms with Crippen LogP contribution in [0.4, 0.5) is 0 Å². The number of carbonyl (C=O) groups is 1. The summed E-state index contributed by atoms with van der Waals surface area (Å²) in [7, 11) is 0. The fourth-order valence-corrected chi connectivity index (χ4v) is 2.51. The molecule has 0 atom stereocenters. The lowest BCUT2D eigenvalue weighted by atomic mass is 10.0. The van der Waals surface area contributed by atoms with Crippen LogP contribution in [-0.2, 0) is 0 Å². The summed E-state index contributed by atoms with van der Waals surface area (Å²) in [6.07, 6.45) is 1.88. The van der Waals surface area contributed by atoms with Crippen molar-refractivity contribution in [2.24, 2.45) is 0 Å². The van der Waals surface area contributed by atoms with Gasteiger partial charge >= 0.3 is 0 Å². The Kier molecular flexibility index (Phi) is 4.09. The second kappa shape index (κ2) is 5.59. The molecule has 92 valence electrons. The molecule has 2 rings (SSSR count). The Labute approximate surface area is 118 Å². The van der Waals surface area contributed by atoms with Crippen molar-refractivity contribution in [3.63, 3.8) is 0 Å². The zero-order valence-electron chi connectivity index (χ0n) is 9.68. The molecule has 2 aromatic carbocycles. The van der Waals surface area contributed by atoms with Crippen molar-refractivity contribution < 1.29 is 9.90 Å². The number of aromatic hydroxyl groups is 1. The van der Waals surface area contributed by atoms with E-state index in [2.05, 4.69) is 15.9 Å². The number of hydrogen-bond donors (Lipinski definition) is 1. The molecule has 0 spiro atoms. The number of ketones is 1. The van der Waals surface area contributed by atoms with Gasteiger partial charge in [-0.1, -0.05) is 15.9 Å². The van der Waals surface area contributed by atoms with Crippen molar-refractivity contribution in [2.75, 3.05) is 6.26 Å². The molecule has 0 aliphatic heterocycles. The lowest BCUT2D eigenvalue weighted by Crippen LogP contribution is -2.02. The summed E-state index contributed by atoms with van der Waals surface area (Å²) in [4.78, 5) is 13.1. The van der Waals surface area contributed by atoms with Gasteiger partial charge in [0, 0.05) is 20.5 Å². The van der Waals surface area contributed by atoms with E-state index >= 15 is 0 Å². The fourth-order valence-electron chi connectivity index (χ4n) is 1.62. The fraction of sp³-hybridized carbons (Fsp3) is 0.0714. The smallest absolute Gasteiger partial charge is 0.194 e. The van der Waals surface area contributed by atoms with Crippen molar-refractivity contribution in [1.82, 2.24) is 0 Å². The molecule has 2 nitrogen and oxygen atoms in total. The zero-order valence-corrected chi connectivity index (χ0v) is 12.1. The van der Waals surface area contributed by atoms with Crippen LogP contribution < -0.4 is 0 Å². The van der Waals surface area contributed by atoms with E-state index in [0.29, 0.717) is 11.1 Å². The minimum Gasteiger partial charge on any atom is -0.508 e. The van der Waals surface area contributed by atoms with Gasteiger partial charge in [-0.2, -0.15) is 0 Å². The van der Waals surface area contributed by atoms with Crippen molar-refractivity contribution in [3.8, 4) is 5.75 Å². The van der Waals surface area contributed by atoms with E-state index < -0.39 is 0 Å². The minimum absolute atomic E-state index is 0.0353. The van der Waals surface area contributed by atoms with Crippen LogP contribution in [0.1, 0.15) is 15.9 Å². The molecular weight excluding hydrogens is 312 g/mol. The summed E-state index contributed by atoms with van der Waals surface area (Å²) in [6.45, 7) is 0. The predicted molar refractivity (Wildman–Crippen MR) is 77.5 cm³/mol. The number of rotatable bonds is 3. The minimum atomic E-state index is -0.0353. The third-order valence-corrected chi connectivity index (χ3v) is 3.84. The Balaban J connectivity index is 2.42. The van der Waals surface area contributed by atoms with Crippen LogP contribution in [-0.4, -0.2) is 17.1 Å². The average molecular weight is 323 g/mol. The van der Waals surface area contributed by atoms with Gasteiger partial charge in [-0.05, 0) is 48.7 Å². The number of thioether (sulfide) groups is 1. The van der Waals surface area contributed by atoms with Crippen LogP contribution in [0.25, 0.3) is 0 Å². The summed E-state index contributed by atoms with van der Waals surface area (Å²) >= 11 is 4.79. The largest absolute Gasteiger partial charge is 0.508 e. The molecule has 0 aliphatic rings. The highest BCUT2D eigenvalue weighted by molar-refractivity contribution is 9.10. The van der Waals surface area contributed by atoms with Crippen LogP contribution in [0.3, 0.4) is 0 Å². The molecule has 0 saturated carbocycles. The van der Waals surface area contributed by atoms with Gasteiger partial charge in [-0.25, -0.2) is 0 Å². The topological polar surface area (TPSA) is 37.3 Å². The lowest BCUT2D eigenvalue weighted by Gasteiger charge is -2.07. The Bertz CT molecular complexity index is 579. The number of phenolic OH excluding ortho intramolecular Hbond substituents is 1. The first-order chi connectivity index (χ1) is 8.61. The van der Waals surface area contributed by atoms with Crippen molar-refractivity contribution in [1.29, 1.82) is 0 Å². The van der Waals surface area contributed by atoms with E-state index in [1.165, 1.54) is 17.8 Å². The Morgan fingerprint density at radius 1 is 1.17 bits per heavy atom. The van der Waals surface area contributed by atoms with Gasteiger partial charge in [0.15, 0.2) is 5.78 Å². The first-order valence-corrected chi connectivity index (χ1v) is 7.31. The first kappa shape index (κ1) is 13.2. The molecule has 0 aromatic heterocycles. The molecule has 4 heteroatoms. The van der Waals surface area contributed by atoms with Gasteiger partial charge in [0.25, 0.3) is 0 Å². The molecule has 1 N–H and O–H groups in total. The third-order valence-electron chi connectivity index (χ3n) is 2.54. The summed E-state index contributed by atoms with van der Waals surface area (Å²) in [5, 5.41) is 9.43. The van der Waals surface area contributed by atoms with Crippen LogP contribution in [0, 0.1) is 0 Å². The number of benzene rings is 2. The Morgan fingerprint density at radius 3 is 2.44 bits per heavy atom. The van der Waals surface area contributed by atoms with Gasteiger partial charge < -0.3 is 5.11 Å². The van der Waals surface area contributed by atoms with Crippen molar-refractivity contribution >= 4 is 33.5 Å². The first-order valence-electron chi connectivity index (χ1n) is 5.29. The van der Waals surface area contributed by atoms with E-state index in [4.69, 9.17) is 0 Å². The van der Waals surface area contributed by atoms with E-state index in [0.717, 1.165) is 9.37 Å². The van der Waals surface area contributed by atoms with Gasteiger partial charge in [0.05, 0.1) is 0 Å². The molecular formula is C14H11BrO2S. The number of halogens is 1. The van der Waals surface area contributed by atoms with Gasteiger partial charge in [0.1, 0.15) is 5.75 Å². The van der Waals surface area contributed by atoms with Crippen LogP contribution in [0.2, 0.25) is 0 Å². The molecule has 0 bridgehead atoms. The highest BCUT2D eigenvalue weighted by Gasteiger charge is 2.13.